The fourth-order valence-corrected chi connectivity index (χ4v) is 1.69. The SMILES string of the molecule is Cc1cccc(Nc2cc(C(=O)O)ccn2)c1C#N. The van der Waals surface area contributed by atoms with Gasteiger partial charge in [0.05, 0.1) is 16.8 Å². The van der Waals surface area contributed by atoms with Gasteiger partial charge >= 0.3 is 5.97 Å². The van der Waals surface area contributed by atoms with Crippen molar-refractivity contribution in [3.63, 3.8) is 0 Å². The number of carboxylic acid groups (broad SMARTS) is 1. The molecule has 2 N–H and O–H groups in total. The van der Waals surface area contributed by atoms with Crippen molar-refractivity contribution in [2.45, 2.75) is 6.92 Å². The zero-order valence-corrected chi connectivity index (χ0v) is 10.2. The molecule has 0 saturated heterocycles. The van der Waals surface area contributed by atoms with E-state index in [2.05, 4.69) is 16.4 Å². The number of benzene rings is 1. The van der Waals surface area contributed by atoms with E-state index >= 15 is 0 Å². The Morgan fingerprint density at radius 1 is 1.42 bits per heavy atom. The molecule has 0 aliphatic rings. The van der Waals surface area contributed by atoms with Gasteiger partial charge in [-0.05, 0) is 30.7 Å². The van der Waals surface area contributed by atoms with Crippen LogP contribution in [0.5, 0.6) is 0 Å². The summed E-state index contributed by atoms with van der Waals surface area (Å²) in [5, 5.41) is 21.0. The standard InChI is InChI=1S/C14H11N3O2/c1-9-3-2-4-12(11(9)8-15)17-13-7-10(14(18)19)5-6-16-13/h2-7H,1H3,(H,16,17)(H,18,19). The van der Waals surface area contributed by atoms with Crippen molar-refractivity contribution in [2.75, 3.05) is 5.32 Å². The number of nitriles is 1. The number of pyridine rings is 1. The first kappa shape index (κ1) is 12.6. The van der Waals surface area contributed by atoms with Gasteiger partial charge in [0.15, 0.2) is 0 Å². The van der Waals surface area contributed by atoms with Gasteiger partial charge in [0.2, 0.25) is 0 Å². The fourth-order valence-electron chi connectivity index (χ4n) is 1.69. The molecule has 5 nitrogen and oxygen atoms in total. The third kappa shape index (κ3) is 2.69. The summed E-state index contributed by atoms with van der Waals surface area (Å²) in [4.78, 5) is 14.9. The van der Waals surface area contributed by atoms with Crippen molar-refractivity contribution in [3.05, 3.63) is 53.2 Å². The van der Waals surface area contributed by atoms with Crippen LogP contribution in [0.15, 0.2) is 36.5 Å². The van der Waals surface area contributed by atoms with Crippen molar-refractivity contribution in [1.29, 1.82) is 5.26 Å². The highest BCUT2D eigenvalue weighted by atomic mass is 16.4. The lowest BCUT2D eigenvalue weighted by atomic mass is 10.1. The van der Waals surface area contributed by atoms with Crippen LogP contribution in [0.25, 0.3) is 0 Å². The van der Waals surface area contributed by atoms with E-state index in [0.29, 0.717) is 17.1 Å². The highest BCUT2D eigenvalue weighted by Gasteiger charge is 2.08. The van der Waals surface area contributed by atoms with Crippen LogP contribution < -0.4 is 5.32 Å². The third-order valence-electron chi connectivity index (χ3n) is 2.65. The minimum absolute atomic E-state index is 0.142. The first-order chi connectivity index (χ1) is 9.11. The molecule has 19 heavy (non-hydrogen) atoms. The predicted molar refractivity (Wildman–Crippen MR) is 70.4 cm³/mol. The normalized spacial score (nSPS) is 9.68. The van der Waals surface area contributed by atoms with Crippen LogP contribution in [0.1, 0.15) is 21.5 Å². The summed E-state index contributed by atoms with van der Waals surface area (Å²) in [6.45, 7) is 1.84. The average molecular weight is 253 g/mol. The Labute approximate surface area is 110 Å². The molecule has 0 aliphatic carbocycles. The molecular weight excluding hydrogens is 242 g/mol. The summed E-state index contributed by atoms with van der Waals surface area (Å²) in [5.41, 5.74) is 2.12. The van der Waals surface area contributed by atoms with Crippen LogP contribution in [0.3, 0.4) is 0 Å². The molecule has 0 atom stereocenters. The summed E-state index contributed by atoms with van der Waals surface area (Å²) in [6.07, 6.45) is 1.41. The lowest BCUT2D eigenvalue weighted by Crippen LogP contribution is -2.01. The van der Waals surface area contributed by atoms with Gasteiger partial charge < -0.3 is 10.4 Å². The monoisotopic (exact) mass is 253 g/mol. The maximum Gasteiger partial charge on any atom is 0.335 e. The van der Waals surface area contributed by atoms with E-state index in [1.54, 1.807) is 6.07 Å². The zero-order valence-electron chi connectivity index (χ0n) is 10.2. The number of aromatic nitrogens is 1. The number of anilines is 2. The van der Waals surface area contributed by atoms with E-state index in [0.717, 1.165) is 5.56 Å². The van der Waals surface area contributed by atoms with Crippen LogP contribution in [-0.4, -0.2) is 16.1 Å². The van der Waals surface area contributed by atoms with Gasteiger partial charge in [-0.15, -0.1) is 0 Å². The Balaban J connectivity index is 2.37. The van der Waals surface area contributed by atoms with Gasteiger partial charge in [0.1, 0.15) is 11.9 Å². The lowest BCUT2D eigenvalue weighted by Gasteiger charge is -2.09. The minimum atomic E-state index is -1.02. The molecule has 0 spiro atoms. The lowest BCUT2D eigenvalue weighted by molar-refractivity contribution is 0.0697. The predicted octanol–water partition coefficient (Wildman–Crippen LogP) is 2.70. The molecule has 0 fully saturated rings. The number of hydrogen-bond donors (Lipinski definition) is 2. The van der Waals surface area contributed by atoms with Crippen LogP contribution in [0, 0.1) is 18.3 Å². The highest BCUT2D eigenvalue weighted by Crippen LogP contribution is 2.22. The first-order valence-corrected chi connectivity index (χ1v) is 5.58. The van der Waals surface area contributed by atoms with Crippen molar-refractivity contribution in [3.8, 4) is 6.07 Å². The topological polar surface area (TPSA) is 86.0 Å². The second kappa shape index (κ2) is 5.19. The van der Waals surface area contributed by atoms with Crippen molar-refractivity contribution >= 4 is 17.5 Å². The molecule has 0 saturated carbocycles. The van der Waals surface area contributed by atoms with Crippen molar-refractivity contribution in [1.82, 2.24) is 4.98 Å². The van der Waals surface area contributed by atoms with E-state index in [9.17, 15) is 4.79 Å². The number of carboxylic acids is 1. The van der Waals surface area contributed by atoms with E-state index < -0.39 is 5.97 Å². The number of nitrogens with one attached hydrogen (secondary N) is 1. The molecular formula is C14H11N3O2. The van der Waals surface area contributed by atoms with Crippen molar-refractivity contribution < 1.29 is 9.90 Å². The van der Waals surface area contributed by atoms with E-state index in [1.165, 1.54) is 18.3 Å². The van der Waals surface area contributed by atoms with Gasteiger partial charge in [-0.1, -0.05) is 12.1 Å². The molecule has 1 aromatic heterocycles. The molecule has 0 bridgehead atoms. The largest absolute Gasteiger partial charge is 0.478 e. The van der Waals surface area contributed by atoms with Crippen LogP contribution in [-0.2, 0) is 0 Å². The maximum absolute atomic E-state index is 10.9. The smallest absolute Gasteiger partial charge is 0.335 e. The number of aryl methyl sites for hydroxylation is 1. The second-order valence-corrected chi connectivity index (χ2v) is 3.97. The Hall–Kier alpha value is -2.87. The molecule has 2 rings (SSSR count). The van der Waals surface area contributed by atoms with Crippen LogP contribution >= 0.6 is 0 Å². The zero-order chi connectivity index (χ0) is 13.8. The van der Waals surface area contributed by atoms with Gasteiger partial charge in [-0.3, -0.25) is 0 Å². The molecule has 94 valence electrons. The maximum atomic E-state index is 10.9. The number of carbonyl (C=O) groups is 1. The van der Waals surface area contributed by atoms with Crippen LogP contribution in [0.2, 0.25) is 0 Å². The summed E-state index contributed by atoms with van der Waals surface area (Å²) < 4.78 is 0. The molecule has 1 aromatic carbocycles. The van der Waals surface area contributed by atoms with Gasteiger partial charge in [0, 0.05) is 6.20 Å². The Morgan fingerprint density at radius 3 is 2.89 bits per heavy atom. The number of aromatic carboxylic acids is 1. The van der Waals surface area contributed by atoms with E-state index in [4.69, 9.17) is 10.4 Å². The summed E-state index contributed by atoms with van der Waals surface area (Å²) in [7, 11) is 0. The minimum Gasteiger partial charge on any atom is -0.478 e. The van der Waals surface area contributed by atoms with Gasteiger partial charge in [-0.2, -0.15) is 5.26 Å². The number of nitrogens with zero attached hydrogens (tertiary/aromatic N) is 2. The summed E-state index contributed by atoms with van der Waals surface area (Å²) in [6, 6.07) is 10.4. The fraction of sp³-hybridized carbons (Fsp3) is 0.0714. The van der Waals surface area contributed by atoms with E-state index in [-0.39, 0.29) is 5.56 Å². The molecule has 1 heterocycles. The van der Waals surface area contributed by atoms with Gasteiger partial charge in [0.25, 0.3) is 0 Å². The quantitative estimate of drug-likeness (QED) is 0.878. The molecule has 0 aliphatic heterocycles. The van der Waals surface area contributed by atoms with Crippen molar-refractivity contribution in [2.24, 2.45) is 0 Å². The Kier molecular flexibility index (Phi) is 3.44. The molecule has 5 heteroatoms. The molecule has 0 amide bonds. The van der Waals surface area contributed by atoms with Gasteiger partial charge in [-0.25, -0.2) is 9.78 Å². The third-order valence-corrected chi connectivity index (χ3v) is 2.65. The molecule has 0 unspecified atom stereocenters. The average Bonchev–Trinajstić information content (AvgIpc) is 2.39. The first-order valence-electron chi connectivity index (χ1n) is 5.58. The molecule has 0 radical (unpaired) electrons. The summed E-state index contributed by atoms with van der Waals surface area (Å²) in [5.74, 6) is -0.628. The number of rotatable bonds is 3. The highest BCUT2D eigenvalue weighted by molar-refractivity contribution is 5.88. The van der Waals surface area contributed by atoms with Crippen LogP contribution in [0.4, 0.5) is 11.5 Å². The molecule has 2 aromatic rings. The Morgan fingerprint density at radius 2 is 2.21 bits per heavy atom. The number of hydrogen-bond acceptors (Lipinski definition) is 4. The Bertz CT molecular complexity index is 675. The summed E-state index contributed by atoms with van der Waals surface area (Å²) >= 11 is 0. The van der Waals surface area contributed by atoms with E-state index in [1.807, 2.05) is 19.1 Å². The second-order valence-electron chi connectivity index (χ2n) is 3.97.